The van der Waals surface area contributed by atoms with Gasteiger partial charge in [0.1, 0.15) is 12.3 Å². The van der Waals surface area contributed by atoms with E-state index in [-0.39, 0.29) is 12.3 Å². The van der Waals surface area contributed by atoms with Gasteiger partial charge in [-0.3, -0.25) is 0 Å². The van der Waals surface area contributed by atoms with Crippen molar-refractivity contribution in [3.05, 3.63) is 12.3 Å². The Kier molecular flexibility index (Phi) is 8.17. The second-order valence-corrected chi connectivity index (χ2v) is 9.69. The number of methoxy groups -OCH3 is 1. The fraction of sp³-hybridized carbons (Fsp3) is 0.917. The number of rotatable bonds is 6. The van der Waals surface area contributed by atoms with E-state index >= 15 is 0 Å². The molecule has 162 valence electrons. The van der Waals surface area contributed by atoms with Crippen LogP contribution in [-0.4, -0.2) is 25.6 Å². The van der Waals surface area contributed by atoms with Crippen molar-refractivity contribution in [3.63, 3.8) is 0 Å². The summed E-state index contributed by atoms with van der Waals surface area (Å²) in [5, 5.41) is 0. The molecule has 3 fully saturated rings. The van der Waals surface area contributed by atoms with Gasteiger partial charge in [0.05, 0.1) is 13.4 Å². The number of allylic oxidation sites excluding steroid dienone is 1. The molecule has 3 rings (SSSR count). The molecule has 0 heterocycles. The van der Waals surface area contributed by atoms with Crippen molar-refractivity contribution in [3.8, 4) is 0 Å². The van der Waals surface area contributed by atoms with Gasteiger partial charge in [-0.1, -0.05) is 32.6 Å². The molecule has 28 heavy (non-hydrogen) atoms. The number of alkyl halides is 3. The van der Waals surface area contributed by atoms with Gasteiger partial charge in [-0.05, 0) is 80.6 Å². The van der Waals surface area contributed by atoms with Gasteiger partial charge < -0.3 is 4.74 Å². The van der Waals surface area contributed by atoms with E-state index in [2.05, 4.69) is 6.92 Å². The predicted octanol–water partition coefficient (Wildman–Crippen LogP) is 7.21. The smallest absolute Gasteiger partial charge is 0.163 e. The Bertz CT molecular complexity index is 480. The molecule has 0 spiro atoms. The topological polar surface area (TPSA) is 9.23 Å². The second-order valence-electron chi connectivity index (χ2n) is 9.69. The van der Waals surface area contributed by atoms with Gasteiger partial charge in [0, 0.05) is 5.92 Å². The SMILES string of the molecule is CCCC1CCC(C2CCC(C3CC(F)C(F)C(F)C3/C=C/OC)CC2)CC1. The van der Waals surface area contributed by atoms with Gasteiger partial charge in [-0.25, -0.2) is 13.2 Å². The number of ether oxygens (including phenoxy) is 1. The lowest BCUT2D eigenvalue weighted by Gasteiger charge is -2.44. The van der Waals surface area contributed by atoms with Crippen molar-refractivity contribution in [2.75, 3.05) is 7.11 Å². The number of hydrogen-bond acceptors (Lipinski definition) is 1. The zero-order valence-corrected chi connectivity index (χ0v) is 17.7. The molecule has 1 nitrogen and oxygen atoms in total. The first-order valence-electron chi connectivity index (χ1n) is 11.7. The highest BCUT2D eigenvalue weighted by atomic mass is 19.2. The summed E-state index contributed by atoms with van der Waals surface area (Å²) in [5.74, 6) is 2.21. The molecule has 5 unspecified atom stereocenters. The summed E-state index contributed by atoms with van der Waals surface area (Å²) in [4.78, 5) is 0. The summed E-state index contributed by atoms with van der Waals surface area (Å²) in [6.07, 6.45) is 10.4. The summed E-state index contributed by atoms with van der Waals surface area (Å²) in [7, 11) is 1.51. The monoisotopic (exact) mass is 400 g/mol. The Morgan fingerprint density at radius 1 is 0.821 bits per heavy atom. The van der Waals surface area contributed by atoms with E-state index in [1.54, 1.807) is 6.08 Å². The van der Waals surface area contributed by atoms with E-state index in [1.807, 2.05) is 0 Å². The van der Waals surface area contributed by atoms with Crippen LogP contribution in [0, 0.1) is 35.5 Å². The predicted molar refractivity (Wildman–Crippen MR) is 108 cm³/mol. The van der Waals surface area contributed by atoms with Gasteiger partial charge in [-0.2, -0.15) is 0 Å². The molecule has 3 saturated carbocycles. The lowest BCUT2D eigenvalue weighted by molar-refractivity contribution is -0.0362. The average Bonchev–Trinajstić information content (AvgIpc) is 2.72. The van der Waals surface area contributed by atoms with Crippen LogP contribution >= 0.6 is 0 Å². The van der Waals surface area contributed by atoms with E-state index in [4.69, 9.17) is 4.74 Å². The molecular formula is C24H39F3O. The van der Waals surface area contributed by atoms with Crippen molar-refractivity contribution in [1.82, 2.24) is 0 Å². The molecule has 0 bridgehead atoms. The van der Waals surface area contributed by atoms with Crippen LogP contribution in [-0.2, 0) is 4.74 Å². The zero-order valence-electron chi connectivity index (χ0n) is 17.7. The van der Waals surface area contributed by atoms with Gasteiger partial charge in [0.15, 0.2) is 6.17 Å². The molecular weight excluding hydrogens is 361 g/mol. The van der Waals surface area contributed by atoms with Crippen molar-refractivity contribution < 1.29 is 17.9 Å². The lowest BCUT2D eigenvalue weighted by Crippen LogP contribution is -2.46. The normalized spacial score (nSPS) is 45.2. The quantitative estimate of drug-likeness (QED) is 0.428. The summed E-state index contributed by atoms with van der Waals surface area (Å²) >= 11 is 0. The molecule has 3 aliphatic rings. The van der Waals surface area contributed by atoms with Crippen molar-refractivity contribution in [1.29, 1.82) is 0 Å². The van der Waals surface area contributed by atoms with Crippen LogP contribution in [0.4, 0.5) is 13.2 Å². The Hall–Kier alpha value is -0.670. The maximum Gasteiger partial charge on any atom is 0.163 e. The number of halogens is 3. The molecule has 3 aliphatic carbocycles. The summed E-state index contributed by atoms with van der Waals surface area (Å²) in [5.41, 5.74) is 0. The summed E-state index contributed by atoms with van der Waals surface area (Å²) < 4.78 is 47.6. The van der Waals surface area contributed by atoms with Crippen molar-refractivity contribution >= 4 is 0 Å². The van der Waals surface area contributed by atoms with Gasteiger partial charge in [0.25, 0.3) is 0 Å². The second kappa shape index (κ2) is 10.4. The summed E-state index contributed by atoms with van der Waals surface area (Å²) in [6, 6.07) is 0. The van der Waals surface area contributed by atoms with E-state index in [9.17, 15) is 13.2 Å². The first-order valence-corrected chi connectivity index (χ1v) is 11.7. The van der Waals surface area contributed by atoms with Crippen LogP contribution in [0.2, 0.25) is 0 Å². The maximum atomic E-state index is 14.6. The fourth-order valence-electron chi connectivity index (χ4n) is 6.52. The minimum atomic E-state index is -2.00. The van der Waals surface area contributed by atoms with Gasteiger partial charge >= 0.3 is 0 Å². The molecule has 0 amide bonds. The molecule has 0 saturated heterocycles. The van der Waals surface area contributed by atoms with Crippen LogP contribution in [0.3, 0.4) is 0 Å². The van der Waals surface area contributed by atoms with Crippen LogP contribution in [0.1, 0.15) is 77.6 Å². The summed E-state index contributed by atoms with van der Waals surface area (Å²) in [6.45, 7) is 2.28. The third-order valence-corrected chi connectivity index (χ3v) is 8.12. The molecule has 5 atom stereocenters. The van der Waals surface area contributed by atoms with E-state index < -0.39 is 24.4 Å². The standard InChI is InChI=1S/C24H39F3O/c1-3-4-16-5-7-17(8-6-16)18-9-11-19(12-10-18)21-15-22(25)24(27)23(26)20(21)13-14-28-2/h13-14,16-24H,3-12,15H2,1-2H3/b14-13+. The van der Waals surface area contributed by atoms with Crippen LogP contribution in [0.15, 0.2) is 12.3 Å². The molecule has 0 aromatic heterocycles. The third kappa shape index (κ3) is 5.08. The first kappa shape index (κ1) is 22.0. The molecule has 0 aromatic carbocycles. The highest BCUT2D eigenvalue weighted by Gasteiger charge is 2.48. The average molecular weight is 401 g/mol. The maximum absolute atomic E-state index is 14.6. The van der Waals surface area contributed by atoms with Crippen molar-refractivity contribution in [2.45, 2.75) is 96.1 Å². The highest BCUT2D eigenvalue weighted by molar-refractivity contribution is 5.03. The fourth-order valence-corrected chi connectivity index (χ4v) is 6.52. The first-order chi connectivity index (χ1) is 13.5. The molecule has 4 heteroatoms. The zero-order chi connectivity index (χ0) is 20.1. The Morgan fingerprint density at radius 3 is 1.96 bits per heavy atom. The van der Waals surface area contributed by atoms with E-state index in [0.717, 1.165) is 30.6 Å². The van der Waals surface area contributed by atoms with Crippen molar-refractivity contribution in [2.24, 2.45) is 35.5 Å². The molecule has 0 aromatic rings. The largest absolute Gasteiger partial charge is 0.505 e. The van der Waals surface area contributed by atoms with E-state index in [1.165, 1.54) is 64.7 Å². The Labute approximate surface area is 169 Å². The van der Waals surface area contributed by atoms with Gasteiger partial charge in [0.2, 0.25) is 0 Å². The molecule has 0 N–H and O–H groups in total. The van der Waals surface area contributed by atoms with E-state index in [0.29, 0.717) is 5.92 Å². The minimum absolute atomic E-state index is 0.107. The number of hydrogen-bond donors (Lipinski definition) is 0. The Morgan fingerprint density at radius 2 is 1.39 bits per heavy atom. The highest BCUT2D eigenvalue weighted by Crippen LogP contribution is 2.48. The molecule has 0 aliphatic heterocycles. The van der Waals surface area contributed by atoms with Crippen LogP contribution in [0.5, 0.6) is 0 Å². The third-order valence-electron chi connectivity index (χ3n) is 8.12. The van der Waals surface area contributed by atoms with Gasteiger partial charge in [-0.15, -0.1) is 0 Å². The molecule has 0 radical (unpaired) electrons. The van der Waals surface area contributed by atoms with Crippen LogP contribution in [0.25, 0.3) is 0 Å². The Balaban J connectivity index is 1.55. The minimum Gasteiger partial charge on any atom is -0.505 e. The lowest BCUT2D eigenvalue weighted by atomic mass is 9.62. The van der Waals surface area contributed by atoms with Crippen LogP contribution < -0.4 is 0 Å².